The van der Waals surface area contributed by atoms with Crippen LogP contribution in [0.3, 0.4) is 0 Å². The molecule has 0 spiro atoms. The van der Waals surface area contributed by atoms with E-state index in [4.69, 9.17) is 5.11 Å². The zero-order chi connectivity index (χ0) is 14.3. The van der Waals surface area contributed by atoms with Crippen LogP contribution in [0.15, 0.2) is 24.3 Å². The van der Waals surface area contributed by atoms with Crippen molar-refractivity contribution in [3.05, 3.63) is 35.6 Å². The number of aliphatic carboxylic acids is 1. The average molecular weight is 267 g/mol. The van der Waals surface area contributed by atoms with Gasteiger partial charge in [-0.2, -0.15) is 0 Å². The third kappa shape index (κ3) is 5.99. The van der Waals surface area contributed by atoms with Crippen LogP contribution in [0.1, 0.15) is 31.7 Å². The van der Waals surface area contributed by atoms with Gasteiger partial charge in [0.15, 0.2) is 0 Å². The van der Waals surface area contributed by atoms with Crippen molar-refractivity contribution in [1.29, 1.82) is 0 Å². The molecule has 1 aromatic rings. The molecule has 0 aliphatic rings. The Kier molecular flexibility index (Phi) is 5.99. The molecule has 0 aromatic heterocycles. The van der Waals surface area contributed by atoms with Crippen LogP contribution in [0.2, 0.25) is 0 Å². The Labute approximate surface area is 111 Å². The monoisotopic (exact) mass is 267 g/mol. The third-order valence-electron chi connectivity index (χ3n) is 2.74. The lowest BCUT2D eigenvalue weighted by atomic mass is 10.1. The minimum Gasteiger partial charge on any atom is -0.481 e. The van der Waals surface area contributed by atoms with Gasteiger partial charge in [-0.05, 0) is 31.4 Å². The van der Waals surface area contributed by atoms with Crippen molar-refractivity contribution in [2.75, 3.05) is 0 Å². The summed E-state index contributed by atoms with van der Waals surface area (Å²) in [5.74, 6) is -1.49. The molecule has 1 aromatic carbocycles. The number of halogens is 1. The number of carboxylic acids is 1. The Morgan fingerprint density at radius 2 is 2.05 bits per heavy atom. The summed E-state index contributed by atoms with van der Waals surface area (Å²) in [6, 6.07) is 6.04. The first-order chi connectivity index (χ1) is 8.99. The first kappa shape index (κ1) is 15.1. The zero-order valence-electron chi connectivity index (χ0n) is 10.9. The van der Waals surface area contributed by atoms with Gasteiger partial charge in [-0.3, -0.25) is 9.59 Å². The average Bonchev–Trinajstić information content (AvgIpc) is 2.31. The summed E-state index contributed by atoms with van der Waals surface area (Å²) in [6.45, 7) is 1.81. The Hall–Kier alpha value is -1.91. The van der Waals surface area contributed by atoms with Gasteiger partial charge in [0.2, 0.25) is 5.91 Å². The molecule has 0 saturated heterocycles. The minimum atomic E-state index is -0.843. The first-order valence-corrected chi connectivity index (χ1v) is 6.23. The van der Waals surface area contributed by atoms with Crippen molar-refractivity contribution in [2.24, 2.45) is 0 Å². The lowest BCUT2D eigenvalue weighted by Crippen LogP contribution is -2.33. The van der Waals surface area contributed by atoms with E-state index < -0.39 is 11.8 Å². The van der Waals surface area contributed by atoms with E-state index >= 15 is 0 Å². The molecule has 5 heteroatoms. The Balaban J connectivity index is 2.35. The number of nitrogens with one attached hydrogen (secondary N) is 1. The number of hydrogen-bond acceptors (Lipinski definition) is 2. The van der Waals surface area contributed by atoms with Crippen molar-refractivity contribution >= 4 is 11.9 Å². The summed E-state index contributed by atoms with van der Waals surface area (Å²) in [4.78, 5) is 22.0. The number of amides is 1. The fourth-order valence-corrected chi connectivity index (χ4v) is 1.77. The normalized spacial score (nSPS) is 11.9. The highest BCUT2D eigenvalue weighted by molar-refractivity contribution is 5.78. The topological polar surface area (TPSA) is 66.4 Å². The van der Waals surface area contributed by atoms with Crippen LogP contribution >= 0.6 is 0 Å². The van der Waals surface area contributed by atoms with Crippen LogP contribution in [0.5, 0.6) is 0 Å². The molecule has 0 heterocycles. The number of hydrogen-bond donors (Lipinski definition) is 2. The van der Waals surface area contributed by atoms with E-state index in [9.17, 15) is 14.0 Å². The molecular formula is C14H18FNO3. The standard InChI is InChI=1S/C14H18FNO3/c1-10(5-4-8-14(18)19)16-13(17)9-11-6-2-3-7-12(11)15/h2-3,6-7,10H,4-5,8-9H2,1H3,(H,16,17)(H,18,19). The van der Waals surface area contributed by atoms with Gasteiger partial charge in [-0.25, -0.2) is 4.39 Å². The largest absolute Gasteiger partial charge is 0.481 e. The highest BCUT2D eigenvalue weighted by Gasteiger charge is 2.11. The van der Waals surface area contributed by atoms with E-state index in [-0.39, 0.29) is 24.8 Å². The second-order valence-corrected chi connectivity index (χ2v) is 4.52. The molecule has 2 N–H and O–H groups in total. The van der Waals surface area contributed by atoms with Crippen molar-refractivity contribution in [1.82, 2.24) is 5.32 Å². The molecule has 4 nitrogen and oxygen atoms in total. The van der Waals surface area contributed by atoms with Gasteiger partial charge in [-0.1, -0.05) is 18.2 Å². The quantitative estimate of drug-likeness (QED) is 0.795. The van der Waals surface area contributed by atoms with Crippen LogP contribution in [0, 0.1) is 5.82 Å². The maximum Gasteiger partial charge on any atom is 0.303 e. The lowest BCUT2D eigenvalue weighted by Gasteiger charge is -2.13. The van der Waals surface area contributed by atoms with Crippen LogP contribution in [0.25, 0.3) is 0 Å². The second kappa shape index (κ2) is 7.51. The smallest absolute Gasteiger partial charge is 0.303 e. The number of carbonyl (C=O) groups excluding carboxylic acids is 1. The van der Waals surface area contributed by atoms with Crippen LogP contribution < -0.4 is 5.32 Å². The third-order valence-corrected chi connectivity index (χ3v) is 2.74. The predicted octanol–water partition coefficient (Wildman–Crippen LogP) is 2.13. The molecule has 19 heavy (non-hydrogen) atoms. The molecule has 0 radical (unpaired) electrons. The molecule has 1 rings (SSSR count). The molecule has 0 bridgehead atoms. The summed E-state index contributed by atoms with van der Waals surface area (Å²) in [6.07, 6.45) is 1.19. The maximum atomic E-state index is 13.3. The minimum absolute atomic E-state index is 0.00402. The Morgan fingerprint density at radius 3 is 2.68 bits per heavy atom. The summed E-state index contributed by atoms with van der Waals surface area (Å²) < 4.78 is 13.3. The summed E-state index contributed by atoms with van der Waals surface area (Å²) in [5.41, 5.74) is 0.359. The van der Waals surface area contributed by atoms with Crippen molar-refractivity contribution in [2.45, 2.75) is 38.6 Å². The number of carboxylic acid groups (broad SMARTS) is 1. The molecule has 0 aliphatic carbocycles. The van der Waals surface area contributed by atoms with Crippen LogP contribution in [-0.4, -0.2) is 23.0 Å². The molecule has 0 saturated carbocycles. The molecule has 104 valence electrons. The summed E-state index contributed by atoms with van der Waals surface area (Å²) in [5, 5.41) is 11.2. The second-order valence-electron chi connectivity index (χ2n) is 4.52. The molecule has 1 unspecified atom stereocenters. The highest BCUT2D eigenvalue weighted by atomic mass is 19.1. The van der Waals surface area contributed by atoms with E-state index in [1.807, 2.05) is 0 Å². The fraction of sp³-hybridized carbons (Fsp3) is 0.429. The zero-order valence-corrected chi connectivity index (χ0v) is 10.9. The predicted molar refractivity (Wildman–Crippen MR) is 69.2 cm³/mol. The molecule has 0 fully saturated rings. The van der Waals surface area contributed by atoms with Crippen LogP contribution in [0.4, 0.5) is 4.39 Å². The maximum absolute atomic E-state index is 13.3. The van der Waals surface area contributed by atoms with Crippen molar-refractivity contribution < 1.29 is 19.1 Å². The number of carbonyl (C=O) groups is 2. The van der Waals surface area contributed by atoms with E-state index in [1.165, 1.54) is 6.07 Å². The van der Waals surface area contributed by atoms with E-state index in [0.717, 1.165) is 0 Å². The highest BCUT2D eigenvalue weighted by Crippen LogP contribution is 2.07. The van der Waals surface area contributed by atoms with Gasteiger partial charge in [0, 0.05) is 12.5 Å². The SMILES string of the molecule is CC(CCCC(=O)O)NC(=O)Cc1ccccc1F. The Morgan fingerprint density at radius 1 is 1.37 bits per heavy atom. The summed E-state index contributed by atoms with van der Waals surface area (Å²) in [7, 11) is 0. The molecule has 0 aliphatic heterocycles. The number of benzene rings is 1. The lowest BCUT2D eigenvalue weighted by molar-refractivity contribution is -0.137. The van der Waals surface area contributed by atoms with Gasteiger partial charge >= 0.3 is 5.97 Å². The van der Waals surface area contributed by atoms with Crippen molar-refractivity contribution in [3.63, 3.8) is 0 Å². The Bertz CT molecular complexity index is 448. The van der Waals surface area contributed by atoms with Gasteiger partial charge in [0.25, 0.3) is 0 Å². The van der Waals surface area contributed by atoms with E-state index in [1.54, 1.807) is 25.1 Å². The molecule has 1 amide bonds. The number of rotatable bonds is 7. The van der Waals surface area contributed by atoms with Gasteiger partial charge < -0.3 is 10.4 Å². The van der Waals surface area contributed by atoms with Gasteiger partial charge in [0.05, 0.1) is 6.42 Å². The van der Waals surface area contributed by atoms with Gasteiger partial charge in [-0.15, -0.1) is 0 Å². The fourth-order valence-electron chi connectivity index (χ4n) is 1.77. The van der Waals surface area contributed by atoms with Gasteiger partial charge in [0.1, 0.15) is 5.82 Å². The van der Waals surface area contributed by atoms with E-state index in [0.29, 0.717) is 18.4 Å². The van der Waals surface area contributed by atoms with Crippen molar-refractivity contribution in [3.8, 4) is 0 Å². The van der Waals surface area contributed by atoms with Crippen LogP contribution in [-0.2, 0) is 16.0 Å². The van der Waals surface area contributed by atoms with E-state index in [2.05, 4.69) is 5.32 Å². The molecular weight excluding hydrogens is 249 g/mol. The summed E-state index contributed by atoms with van der Waals surface area (Å²) >= 11 is 0. The first-order valence-electron chi connectivity index (χ1n) is 6.23. The molecule has 1 atom stereocenters.